The molecule has 1 aromatic rings. The molecule has 0 unspecified atom stereocenters. The Morgan fingerprint density at radius 3 is 2.60 bits per heavy atom. The smallest absolute Gasteiger partial charge is 0.233 e. The first-order valence-electron chi connectivity index (χ1n) is 5.13. The van der Waals surface area contributed by atoms with Crippen LogP contribution in [0.5, 0.6) is 0 Å². The summed E-state index contributed by atoms with van der Waals surface area (Å²) in [7, 11) is 4.04. The normalized spacial score (nSPS) is 12.4. The van der Waals surface area contributed by atoms with Gasteiger partial charge in [-0.15, -0.1) is 0 Å². The summed E-state index contributed by atoms with van der Waals surface area (Å²) in [6, 6.07) is 0. The van der Waals surface area contributed by atoms with E-state index < -0.39 is 0 Å². The second-order valence-corrected chi connectivity index (χ2v) is 4.66. The Kier molecular flexibility index (Phi) is 3.82. The zero-order valence-corrected chi connectivity index (χ0v) is 9.95. The highest BCUT2D eigenvalue weighted by molar-refractivity contribution is 5.01. The number of likely N-dealkylation sites (N-methyl/N-ethyl adjacent to an activating group) is 1. The van der Waals surface area contributed by atoms with E-state index >= 15 is 0 Å². The van der Waals surface area contributed by atoms with Gasteiger partial charge in [0, 0.05) is 19.5 Å². The zero-order valence-electron chi connectivity index (χ0n) is 9.95. The third-order valence-corrected chi connectivity index (χ3v) is 2.34. The fraction of sp³-hybridized carbons (Fsp3) is 0.800. The third kappa shape index (κ3) is 3.28. The van der Waals surface area contributed by atoms with Gasteiger partial charge in [0.05, 0.1) is 5.41 Å². The number of hydrogen-bond donors (Lipinski definition) is 1. The van der Waals surface area contributed by atoms with E-state index in [1.165, 1.54) is 0 Å². The molecule has 2 N–H and O–H groups in total. The Morgan fingerprint density at radius 1 is 1.40 bits per heavy atom. The van der Waals surface area contributed by atoms with Gasteiger partial charge in [0.1, 0.15) is 0 Å². The van der Waals surface area contributed by atoms with Crippen molar-refractivity contribution in [1.29, 1.82) is 0 Å². The quantitative estimate of drug-likeness (QED) is 0.765. The van der Waals surface area contributed by atoms with Gasteiger partial charge in [-0.05, 0) is 27.9 Å². The predicted molar refractivity (Wildman–Crippen MR) is 58.6 cm³/mol. The van der Waals surface area contributed by atoms with Crippen LogP contribution in [0, 0.1) is 0 Å². The van der Waals surface area contributed by atoms with Crippen molar-refractivity contribution < 1.29 is 4.52 Å². The van der Waals surface area contributed by atoms with E-state index in [1.54, 1.807) is 0 Å². The van der Waals surface area contributed by atoms with Crippen LogP contribution in [0.25, 0.3) is 0 Å². The minimum absolute atomic E-state index is 0.233. The van der Waals surface area contributed by atoms with Crippen LogP contribution < -0.4 is 5.73 Å². The molecule has 15 heavy (non-hydrogen) atoms. The highest BCUT2D eigenvalue weighted by atomic mass is 16.5. The second-order valence-electron chi connectivity index (χ2n) is 4.66. The molecule has 0 amide bonds. The Morgan fingerprint density at radius 2 is 2.07 bits per heavy atom. The van der Waals surface area contributed by atoms with Crippen molar-refractivity contribution in [3.63, 3.8) is 0 Å². The molecule has 0 radical (unpaired) electrons. The maximum absolute atomic E-state index is 5.63. The summed E-state index contributed by atoms with van der Waals surface area (Å²) in [5.74, 6) is 1.37. The highest BCUT2D eigenvalue weighted by Gasteiger charge is 2.25. The highest BCUT2D eigenvalue weighted by Crippen LogP contribution is 2.19. The maximum atomic E-state index is 5.63. The monoisotopic (exact) mass is 212 g/mol. The van der Waals surface area contributed by atoms with Crippen LogP contribution in [0.2, 0.25) is 0 Å². The summed E-state index contributed by atoms with van der Waals surface area (Å²) >= 11 is 0. The molecule has 0 aliphatic heterocycles. The van der Waals surface area contributed by atoms with Gasteiger partial charge in [0.15, 0.2) is 5.82 Å². The van der Waals surface area contributed by atoms with Crippen LogP contribution in [0.4, 0.5) is 0 Å². The summed E-state index contributed by atoms with van der Waals surface area (Å²) in [6.45, 7) is 5.41. The van der Waals surface area contributed by atoms with Crippen LogP contribution in [0.3, 0.4) is 0 Å². The van der Waals surface area contributed by atoms with Gasteiger partial charge in [-0.3, -0.25) is 0 Å². The maximum Gasteiger partial charge on any atom is 0.233 e. The summed E-state index contributed by atoms with van der Waals surface area (Å²) in [4.78, 5) is 6.43. The lowest BCUT2D eigenvalue weighted by atomic mass is 9.94. The Bertz CT molecular complexity index is 306. The fourth-order valence-electron chi connectivity index (χ4n) is 1.04. The summed E-state index contributed by atoms with van der Waals surface area (Å²) in [5.41, 5.74) is 5.40. The fourth-order valence-corrected chi connectivity index (χ4v) is 1.04. The van der Waals surface area contributed by atoms with Crippen molar-refractivity contribution in [2.45, 2.75) is 25.7 Å². The van der Waals surface area contributed by atoms with Gasteiger partial charge in [-0.25, -0.2) is 0 Å². The molecule has 1 heterocycles. The van der Waals surface area contributed by atoms with E-state index in [0.29, 0.717) is 12.4 Å². The lowest BCUT2D eigenvalue weighted by Crippen LogP contribution is -2.28. The van der Waals surface area contributed by atoms with E-state index in [0.717, 1.165) is 18.8 Å². The summed E-state index contributed by atoms with van der Waals surface area (Å²) < 4.78 is 5.19. The van der Waals surface area contributed by atoms with Gasteiger partial charge in [-0.2, -0.15) is 4.98 Å². The van der Waals surface area contributed by atoms with E-state index in [9.17, 15) is 0 Å². The van der Waals surface area contributed by atoms with Crippen LogP contribution >= 0.6 is 0 Å². The van der Waals surface area contributed by atoms with Gasteiger partial charge < -0.3 is 15.2 Å². The minimum Gasteiger partial charge on any atom is -0.339 e. The first-order valence-corrected chi connectivity index (χ1v) is 5.13. The third-order valence-electron chi connectivity index (χ3n) is 2.34. The van der Waals surface area contributed by atoms with Crippen molar-refractivity contribution >= 4 is 0 Å². The minimum atomic E-state index is -0.233. The van der Waals surface area contributed by atoms with E-state index in [-0.39, 0.29) is 5.41 Å². The molecule has 1 rings (SSSR count). The van der Waals surface area contributed by atoms with Crippen molar-refractivity contribution in [3.8, 4) is 0 Å². The molecule has 1 aromatic heterocycles. The first-order chi connectivity index (χ1) is 6.95. The molecule has 0 fully saturated rings. The molecule has 0 aliphatic rings. The number of aromatic nitrogens is 2. The molecule has 0 aliphatic carbocycles. The van der Waals surface area contributed by atoms with E-state index in [1.807, 2.05) is 27.9 Å². The van der Waals surface area contributed by atoms with Crippen LogP contribution in [-0.4, -0.2) is 42.2 Å². The SMILES string of the molecule is CN(C)CCc1noc(C(C)(C)CN)n1. The van der Waals surface area contributed by atoms with Gasteiger partial charge in [0.2, 0.25) is 5.89 Å². The molecule has 0 saturated heterocycles. The average molecular weight is 212 g/mol. The molecule has 5 nitrogen and oxygen atoms in total. The number of hydrogen-bond acceptors (Lipinski definition) is 5. The predicted octanol–water partition coefficient (Wildman–Crippen LogP) is 0.410. The molecule has 0 spiro atoms. The molecule has 0 bridgehead atoms. The molecule has 86 valence electrons. The van der Waals surface area contributed by atoms with Crippen molar-refractivity contribution in [3.05, 3.63) is 11.7 Å². The van der Waals surface area contributed by atoms with Crippen LogP contribution in [0.15, 0.2) is 4.52 Å². The van der Waals surface area contributed by atoms with Gasteiger partial charge in [-0.1, -0.05) is 5.16 Å². The molecular weight excluding hydrogens is 192 g/mol. The van der Waals surface area contributed by atoms with Crippen molar-refractivity contribution in [2.24, 2.45) is 5.73 Å². The van der Waals surface area contributed by atoms with Gasteiger partial charge in [0.25, 0.3) is 0 Å². The molecule has 0 saturated carbocycles. The average Bonchev–Trinajstić information content (AvgIpc) is 2.63. The van der Waals surface area contributed by atoms with Gasteiger partial charge >= 0.3 is 0 Å². The number of nitrogens with two attached hydrogens (primary N) is 1. The molecule has 0 aromatic carbocycles. The Hall–Kier alpha value is -0.940. The zero-order chi connectivity index (χ0) is 11.5. The Balaban J connectivity index is 2.64. The summed E-state index contributed by atoms with van der Waals surface area (Å²) in [6.07, 6.45) is 0.803. The number of nitrogens with zero attached hydrogens (tertiary/aromatic N) is 3. The van der Waals surface area contributed by atoms with Crippen LogP contribution in [-0.2, 0) is 11.8 Å². The van der Waals surface area contributed by atoms with Crippen LogP contribution in [0.1, 0.15) is 25.6 Å². The van der Waals surface area contributed by atoms with Crippen molar-refractivity contribution in [2.75, 3.05) is 27.2 Å². The lowest BCUT2D eigenvalue weighted by Gasteiger charge is -2.15. The van der Waals surface area contributed by atoms with Crippen molar-refractivity contribution in [1.82, 2.24) is 15.0 Å². The first kappa shape index (κ1) is 12.1. The largest absolute Gasteiger partial charge is 0.339 e. The van der Waals surface area contributed by atoms with E-state index in [4.69, 9.17) is 10.3 Å². The standard InChI is InChI=1S/C10H20N4O/c1-10(2,7-11)9-12-8(13-15-9)5-6-14(3)4/h5-7,11H2,1-4H3. The van der Waals surface area contributed by atoms with E-state index in [2.05, 4.69) is 15.0 Å². The topological polar surface area (TPSA) is 68.2 Å². The summed E-state index contributed by atoms with van der Waals surface area (Å²) in [5, 5.41) is 3.93. The molecule has 5 heteroatoms. The lowest BCUT2D eigenvalue weighted by molar-refractivity contribution is 0.308. The Labute approximate surface area is 90.6 Å². The number of rotatable bonds is 5. The molecule has 0 atom stereocenters. The molecular formula is C10H20N4O. The second kappa shape index (κ2) is 4.72.